The molecule has 0 aromatic carbocycles. The molecule has 0 saturated heterocycles. The van der Waals surface area contributed by atoms with Crippen molar-refractivity contribution in [2.45, 2.75) is 116 Å². The maximum Gasteiger partial charge on any atom is 0.124 e. The van der Waals surface area contributed by atoms with Crippen molar-refractivity contribution in [1.82, 2.24) is 4.98 Å². The van der Waals surface area contributed by atoms with Crippen molar-refractivity contribution in [2.75, 3.05) is 0 Å². The summed E-state index contributed by atoms with van der Waals surface area (Å²) in [5.41, 5.74) is 1.22. The molecule has 1 aromatic heterocycles. The van der Waals surface area contributed by atoms with E-state index in [9.17, 15) is 0 Å². The number of aromatic nitrogens is 1. The Morgan fingerprint density at radius 1 is 0.731 bits per heavy atom. The second-order valence-electron chi connectivity index (χ2n) is 7.63. The number of halogens is 2. The number of pyridine rings is 1. The van der Waals surface area contributed by atoms with E-state index in [1.165, 1.54) is 108 Å². The van der Waals surface area contributed by atoms with Gasteiger partial charge in [-0.25, -0.2) is 4.98 Å². The molecule has 1 aromatic rings. The van der Waals surface area contributed by atoms with Gasteiger partial charge in [0.25, 0.3) is 0 Å². The van der Waals surface area contributed by atoms with Crippen LogP contribution in [0.2, 0.25) is 5.02 Å². The minimum atomic E-state index is 0.771. The smallest absolute Gasteiger partial charge is 0.124 e. The minimum absolute atomic E-state index is 0.771. The highest BCUT2D eigenvalue weighted by molar-refractivity contribution is 9.10. The van der Waals surface area contributed by atoms with Crippen LogP contribution in [0.5, 0.6) is 0 Å². The lowest BCUT2D eigenvalue weighted by atomic mass is 10.0. The zero-order valence-electron chi connectivity index (χ0n) is 16.9. The molecule has 0 atom stereocenters. The number of hydrogen-bond acceptors (Lipinski definition) is 1. The van der Waals surface area contributed by atoms with Crippen LogP contribution in [0.3, 0.4) is 0 Å². The third-order valence-corrected chi connectivity index (χ3v) is 6.48. The number of unbranched alkanes of at least 4 members (excludes halogenated alkanes) is 15. The average molecular weight is 445 g/mol. The van der Waals surface area contributed by atoms with E-state index in [0.717, 1.165) is 16.0 Å². The summed E-state index contributed by atoms with van der Waals surface area (Å²) in [4.78, 5) is 4.15. The van der Waals surface area contributed by atoms with Crippen LogP contribution in [-0.2, 0) is 6.42 Å². The fourth-order valence-corrected chi connectivity index (χ4v) is 4.09. The largest absolute Gasteiger partial charge is 0.248 e. The molecule has 0 spiro atoms. The normalized spacial score (nSPS) is 11.2. The lowest BCUT2D eigenvalue weighted by Crippen LogP contribution is -1.90. The van der Waals surface area contributed by atoms with Gasteiger partial charge < -0.3 is 0 Å². The highest BCUT2D eigenvalue weighted by atomic mass is 79.9. The highest BCUT2D eigenvalue weighted by Crippen LogP contribution is 2.25. The van der Waals surface area contributed by atoms with Crippen LogP contribution in [0.15, 0.2) is 16.9 Å². The Morgan fingerprint density at radius 3 is 1.62 bits per heavy atom. The van der Waals surface area contributed by atoms with Crippen molar-refractivity contribution >= 4 is 27.5 Å². The third kappa shape index (κ3) is 12.3. The van der Waals surface area contributed by atoms with E-state index in [1.807, 2.05) is 12.3 Å². The Bertz CT molecular complexity index is 450. The van der Waals surface area contributed by atoms with Crippen LogP contribution < -0.4 is 0 Å². The highest BCUT2D eigenvalue weighted by Gasteiger charge is 2.04. The van der Waals surface area contributed by atoms with E-state index in [-0.39, 0.29) is 0 Å². The van der Waals surface area contributed by atoms with E-state index in [2.05, 4.69) is 27.8 Å². The first-order valence-electron chi connectivity index (χ1n) is 11.0. The van der Waals surface area contributed by atoms with Gasteiger partial charge in [-0.1, -0.05) is 115 Å². The molecule has 0 radical (unpaired) electrons. The maximum absolute atomic E-state index is 6.25. The van der Waals surface area contributed by atoms with Gasteiger partial charge in [-0.05, 0) is 40.4 Å². The van der Waals surface area contributed by atoms with Crippen LogP contribution in [0, 0.1) is 0 Å². The number of hydrogen-bond donors (Lipinski definition) is 0. The summed E-state index contributed by atoms with van der Waals surface area (Å²) in [5.74, 6) is 0. The summed E-state index contributed by atoms with van der Waals surface area (Å²) < 4.78 is 0.771. The number of nitrogens with zero attached hydrogens (tertiary/aromatic N) is 1. The van der Waals surface area contributed by atoms with Crippen molar-refractivity contribution in [2.24, 2.45) is 0 Å². The van der Waals surface area contributed by atoms with E-state index >= 15 is 0 Å². The van der Waals surface area contributed by atoms with Crippen LogP contribution in [0.1, 0.15) is 115 Å². The van der Waals surface area contributed by atoms with Gasteiger partial charge in [0.15, 0.2) is 0 Å². The number of rotatable bonds is 17. The monoisotopic (exact) mass is 443 g/mol. The Labute approximate surface area is 175 Å². The molecule has 0 aliphatic rings. The number of aryl methyl sites for hydroxylation is 1. The van der Waals surface area contributed by atoms with Crippen molar-refractivity contribution in [1.29, 1.82) is 0 Å². The first kappa shape index (κ1) is 24.0. The predicted octanol–water partition coefficient (Wildman–Crippen LogP) is 9.30. The van der Waals surface area contributed by atoms with Gasteiger partial charge in [-0.15, -0.1) is 0 Å². The molecular weight excluding hydrogens is 406 g/mol. The molecule has 1 rings (SSSR count). The standard InChI is InChI=1S/C23H39BrClN/c1-2-3-4-5-6-7-8-9-10-11-12-13-14-15-16-17-18-21-19-20-26-23(24)22(21)25/h19-20H,2-18H2,1H3. The Balaban J connectivity index is 1.80. The van der Waals surface area contributed by atoms with Crippen LogP contribution in [0.4, 0.5) is 0 Å². The molecular formula is C23H39BrClN. The SMILES string of the molecule is CCCCCCCCCCCCCCCCCCc1ccnc(Br)c1Cl. The van der Waals surface area contributed by atoms with Gasteiger partial charge >= 0.3 is 0 Å². The molecule has 150 valence electrons. The molecule has 0 unspecified atom stereocenters. The lowest BCUT2D eigenvalue weighted by molar-refractivity contribution is 0.529. The van der Waals surface area contributed by atoms with Crippen molar-refractivity contribution in [3.8, 4) is 0 Å². The Kier molecular flexibility index (Phi) is 15.7. The fraction of sp³-hybridized carbons (Fsp3) is 0.783. The van der Waals surface area contributed by atoms with Gasteiger partial charge in [0.1, 0.15) is 4.60 Å². The fourth-order valence-electron chi connectivity index (χ4n) is 3.51. The van der Waals surface area contributed by atoms with Crippen molar-refractivity contribution in [3.05, 3.63) is 27.5 Å². The zero-order valence-corrected chi connectivity index (χ0v) is 19.2. The molecule has 0 N–H and O–H groups in total. The maximum atomic E-state index is 6.25. The quantitative estimate of drug-likeness (QED) is 0.172. The summed E-state index contributed by atoms with van der Waals surface area (Å²) >= 11 is 9.65. The van der Waals surface area contributed by atoms with Gasteiger partial charge in [0, 0.05) is 6.20 Å². The van der Waals surface area contributed by atoms with Crippen LogP contribution in [0.25, 0.3) is 0 Å². The van der Waals surface area contributed by atoms with Gasteiger partial charge in [-0.2, -0.15) is 0 Å². The van der Waals surface area contributed by atoms with Crippen LogP contribution >= 0.6 is 27.5 Å². The molecule has 0 bridgehead atoms. The molecule has 26 heavy (non-hydrogen) atoms. The lowest BCUT2D eigenvalue weighted by Gasteiger charge is -2.05. The minimum Gasteiger partial charge on any atom is -0.248 e. The molecule has 1 heterocycles. The van der Waals surface area contributed by atoms with Gasteiger partial charge in [0.05, 0.1) is 5.02 Å². The molecule has 0 aliphatic heterocycles. The van der Waals surface area contributed by atoms with E-state index in [4.69, 9.17) is 11.6 Å². The van der Waals surface area contributed by atoms with Crippen molar-refractivity contribution < 1.29 is 0 Å². The van der Waals surface area contributed by atoms with Crippen molar-refractivity contribution in [3.63, 3.8) is 0 Å². The van der Waals surface area contributed by atoms with E-state index in [1.54, 1.807) is 0 Å². The average Bonchev–Trinajstić information content (AvgIpc) is 2.64. The van der Waals surface area contributed by atoms with Gasteiger partial charge in [0.2, 0.25) is 0 Å². The molecule has 0 amide bonds. The van der Waals surface area contributed by atoms with Crippen LogP contribution in [-0.4, -0.2) is 4.98 Å². The summed E-state index contributed by atoms with van der Waals surface area (Å²) in [7, 11) is 0. The molecule has 0 aliphatic carbocycles. The molecule has 1 nitrogen and oxygen atoms in total. The van der Waals surface area contributed by atoms with E-state index < -0.39 is 0 Å². The first-order valence-corrected chi connectivity index (χ1v) is 12.2. The molecule has 0 saturated carbocycles. The Hall–Kier alpha value is -0.0800. The topological polar surface area (TPSA) is 12.9 Å². The second-order valence-corrected chi connectivity index (χ2v) is 8.76. The molecule has 0 fully saturated rings. The predicted molar refractivity (Wildman–Crippen MR) is 120 cm³/mol. The molecule has 3 heteroatoms. The summed E-state index contributed by atoms with van der Waals surface area (Å²) in [5, 5.41) is 0.786. The van der Waals surface area contributed by atoms with E-state index in [0.29, 0.717) is 0 Å². The third-order valence-electron chi connectivity index (χ3n) is 5.23. The summed E-state index contributed by atoms with van der Waals surface area (Å²) in [6.45, 7) is 2.29. The van der Waals surface area contributed by atoms with Gasteiger partial charge in [-0.3, -0.25) is 0 Å². The Morgan fingerprint density at radius 2 is 1.15 bits per heavy atom. The summed E-state index contributed by atoms with van der Waals surface area (Å²) in [6.07, 6.45) is 25.5. The first-order chi connectivity index (χ1) is 12.8. The summed E-state index contributed by atoms with van der Waals surface area (Å²) in [6, 6.07) is 2.04. The second kappa shape index (κ2) is 17.0. The zero-order chi connectivity index (χ0) is 18.9.